The lowest BCUT2D eigenvalue weighted by molar-refractivity contribution is -0.122. The van der Waals surface area contributed by atoms with Gasteiger partial charge in [-0.2, -0.15) is 5.10 Å². The van der Waals surface area contributed by atoms with E-state index in [4.69, 9.17) is 0 Å². The molecule has 8 nitrogen and oxygen atoms in total. The number of amides is 1. The predicted octanol–water partition coefficient (Wildman–Crippen LogP) is 0.633. The van der Waals surface area contributed by atoms with Crippen molar-refractivity contribution in [2.75, 3.05) is 18.0 Å². The summed E-state index contributed by atoms with van der Waals surface area (Å²) in [4.78, 5) is 26.6. The summed E-state index contributed by atoms with van der Waals surface area (Å²) in [6.07, 6.45) is 11.6. The standard InChI is InChI=1S/C15H21N7O/c23-15(4-2-8-22-12-17-11-19-22)20-13-3-1-7-21(10-13)14-9-16-5-6-18-14/h5-6,9,11-13H,1-4,7-8,10H2,(H,20,23). The van der Waals surface area contributed by atoms with Crippen LogP contribution < -0.4 is 10.2 Å². The molecule has 8 heteroatoms. The van der Waals surface area contributed by atoms with Gasteiger partial charge >= 0.3 is 0 Å². The molecule has 2 aromatic rings. The maximum atomic E-state index is 12.1. The van der Waals surface area contributed by atoms with Crippen molar-refractivity contribution in [1.82, 2.24) is 30.0 Å². The van der Waals surface area contributed by atoms with Gasteiger partial charge in [-0.15, -0.1) is 0 Å². The molecular weight excluding hydrogens is 294 g/mol. The van der Waals surface area contributed by atoms with E-state index in [9.17, 15) is 4.79 Å². The fourth-order valence-electron chi connectivity index (χ4n) is 2.81. The van der Waals surface area contributed by atoms with Crippen molar-refractivity contribution in [3.05, 3.63) is 31.2 Å². The second kappa shape index (κ2) is 7.66. The zero-order valence-corrected chi connectivity index (χ0v) is 13.0. The van der Waals surface area contributed by atoms with Crippen molar-refractivity contribution >= 4 is 11.7 Å². The molecule has 1 aliphatic heterocycles. The number of hydrogen-bond acceptors (Lipinski definition) is 6. The molecule has 1 atom stereocenters. The van der Waals surface area contributed by atoms with Crippen LogP contribution in [-0.4, -0.2) is 49.8 Å². The third-order valence-electron chi connectivity index (χ3n) is 3.92. The third-order valence-corrected chi connectivity index (χ3v) is 3.92. The van der Waals surface area contributed by atoms with E-state index < -0.39 is 0 Å². The molecule has 0 aliphatic carbocycles. The van der Waals surface area contributed by atoms with Crippen molar-refractivity contribution in [2.24, 2.45) is 0 Å². The van der Waals surface area contributed by atoms with E-state index in [2.05, 4.69) is 30.3 Å². The Kier molecular flexibility index (Phi) is 5.13. The van der Waals surface area contributed by atoms with Crippen molar-refractivity contribution < 1.29 is 4.79 Å². The summed E-state index contributed by atoms with van der Waals surface area (Å²) in [7, 11) is 0. The van der Waals surface area contributed by atoms with E-state index in [0.717, 1.165) is 38.2 Å². The molecule has 0 bridgehead atoms. The molecule has 23 heavy (non-hydrogen) atoms. The first-order valence-corrected chi connectivity index (χ1v) is 7.94. The van der Waals surface area contributed by atoms with Gasteiger partial charge in [-0.1, -0.05) is 0 Å². The molecule has 1 unspecified atom stereocenters. The predicted molar refractivity (Wildman–Crippen MR) is 84.7 cm³/mol. The van der Waals surface area contributed by atoms with Crippen LogP contribution in [0.15, 0.2) is 31.2 Å². The molecule has 3 heterocycles. The number of carbonyl (C=O) groups is 1. The van der Waals surface area contributed by atoms with Gasteiger partial charge in [-0.25, -0.2) is 9.97 Å². The first kappa shape index (κ1) is 15.4. The van der Waals surface area contributed by atoms with E-state index in [1.807, 2.05) is 0 Å². The Morgan fingerprint density at radius 1 is 1.35 bits per heavy atom. The quantitative estimate of drug-likeness (QED) is 0.841. The minimum absolute atomic E-state index is 0.0936. The maximum Gasteiger partial charge on any atom is 0.220 e. The zero-order chi connectivity index (χ0) is 15.9. The summed E-state index contributed by atoms with van der Waals surface area (Å²) in [6, 6.07) is 0.171. The average molecular weight is 315 g/mol. The minimum atomic E-state index is 0.0936. The Bertz CT molecular complexity index is 602. The zero-order valence-electron chi connectivity index (χ0n) is 13.0. The lowest BCUT2D eigenvalue weighted by Gasteiger charge is -2.33. The van der Waals surface area contributed by atoms with Gasteiger partial charge in [0.2, 0.25) is 5.91 Å². The Morgan fingerprint density at radius 2 is 2.30 bits per heavy atom. The van der Waals surface area contributed by atoms with Gasteiger partial charge in [0.15, 0.2) is 0 Å². The highest BCUT2D eigenvalue weighted by atomic mass is 16.1. The van der Waals surface area contributed by atoms with Gasteiger partial charge in [-0.3, -0.25) is 14.5 Å². The van der Waals surface area contributed by atoms with Crippen LogP contribution in [0.25, 0.3) is 0 Å². The molecule has 0 spiro atoms. The van der Waals surface area contributed by atoms with Crippen LogP contribution in [0, 0.1) is 0 Å². The van der Waals surface area contributed by atoms with Crippen LogP contribution in [0.5, 0.6) is 0 Å². The summed E-state index contributed by atoms with van der Waals surface area (Å²) in [5.74, 6) is 0.966. The second-order valence-corrected chi connectivity index (χ2v) is 5.68. The number of rotatable bonds is 6. The summed E-state index contributed by atoms with van der Waals surface area (Å²) in [5.41, 5.74) is 0. The topological polar surface area (TPSA) is 88.8 Å². The number of aryl methyl sites for hydroxylation is 1. The highest BCUT2D eigenvalue weighted by Gasteiger charge is 2.22. The number of hydrogen-bond donors (Lipinski definition) is 1. The average Bonchev–Trinajstić information content (AvgIpc) is 3.09. The van der Waals surface area contributed by atoms with Crippen molar-refractivity contribution in [3.63, 3.8) is 0 Å². The van der Waals surface area contributed by atoms with Gasteiger partial charge in [0.05, 0.1) is 6.20 Å². The van der Waals surface area contributed by atoms with Gasteiger partial charge in [0.25, 0.3) is 0 Å². The van der Waals surface area contributed by atoms with E-state index >= 15 is 0 Å². The molecule has 0 radical (unpaired) electrons. The minimum Gasteiger partial charge on any atom is -0.353 e. The highest BCUT2D eigenvalue weighted by molar-refractivity contribution is 5.76. The molecule has 0 saturated carbocycles. The second-order valence-electron chi connectivity index (χ2n) is 5.68. The van der Waals surface area contributed by atoms with Crippen LogP contribution in [0.1, 0.15) is 25.7 Å². The summed E-state index contributed by atoms with van der Waals surface area (Å²) >= 11 is 0. The molecule has 1 saturated heterocycles. The van der Waals surface area contributed by atoms with Crippen molar-refractivity contribution in [1.29, 1.82) is 0 Å². The SMILES string of the molecule is O=C(CCCn1cncn1)NC1CCCN(c2cnccn2)C1. The monoisotopic (exact) mass is 315 g/mol. The largest absolute Gasteiger partial charge is 0.353 e. The number of aromatic nitrogens is 5. The number of nitrogens with one attached hydrogen (secondary N) is 1. The molecule has 1 amide bonds. The van der Waals surface area contributed by atoms with Crippen molar-refractivity contribution in [2.45, 2.75) is 38.3 Å². The summed E-state index contributed by atoms with van der Waals surface area (Å²) in [5, 5.41) is 7.15. The highest BCUT2D eigenvalue weighted by Crippen LogP contribution is 2.16. The molecule has 2 aromatic heterocycles. The number of nitrogens with zero attached hydrogens (tertiary/aromatic N) is 6. The lowest BCUT2D eigenvalue weighted by Crippen LogP contribution is -2.48. The smallest absolute Gasteiger partial charge is 0.220 e. The van der Waals surface area contributed by atoms with Crippen LogP contribution in [-0.2, 0) is 11.3 Å². The van der Waals surface area contributed by atoms with Gasteiger partial charge < -0.3 is 10.2 Å². The molecule has 122 valence electrons. The van der Waals surface area contributed by atoms with Gasteiger partial charge in [0, 0.05) is 44.5 Å². The normalized spacial score (nSPS) is 17.9. The Balaban J connectivity index is 1.43. The first-order chi connectivity index (χ1) is 11.3. The lowest BCUT2D eigenvalue weighted by atomic mass is 10.1. The van der Waals surface area contributed by atoms with Gasteiger partial charge in [0.1, 0.15) is 18.5 Å². The maximum absolute atomic E-state index is 12.1. The molecule has 1 aliphatic rings. The van der Waals surface area contributed by atoms with Crippen LogP contribution in [0.2, 0.25) is 0 Å². The fourth-order valence-corrected chi connectivity index (χ4v) is 2.81. The Hall–Kier alpha value is -2.51. The number of piperidine rings is 1. The molecule has 1 N–H and O–H groups in total. The van der Waals surface area contributed by atoms with Crippen LogP contribution in [0.4, 0.5) is 5.82 Å². The van der Waals surface area contributed by atoms with Crippen LogP contribution in [0.3, 0.4) is 0 Å². The summed E-state index contributed by atoms with van der Waals surface area (Å²) < 4.78 is 1.74. The molecule has 0 aromatic carbocycles. The molecular formula is C15H21N7O. The fraction of sp³-hybridized carbons (Fsp3) is 0.533. The third kappa shape index (κ3) is 4.48. The van der Waals surface area contributed by atoms with E-state index in [0.29, 0.717) is 13.0 Å². The van der Waals surface area contributed by atoms with Crippen molar-refractivity contribution in [3.8, 4) is 0 Å². The van der Waals surface area contributed by atoms with E-state index in [1.54, 1.807) is 29.6 Å². The molecule has 3 rings (SSSR count). The van der Waals surface area contributed by atoms with Gasteiger partial charge in [-0.05, 0) is 19.3 Å². The number of anilines is 1. The Morgan fingerprint density at radius 3 is 3.09 bits per heavy atom. The summed E-state index contributed by atoms with van der Waals surface area (Å²) in [6.45, 7) is 2.45. The first-order valence-electron chi connectivity index (χ1n) is 7.94. The van der Waals surface area contributed by atoms with E-state index in [-0.39, 0.29) is 11.9 Å². The van der Waals surface area contributed by atoms with Crippen LogP contribution >= 0.6 is 0 Å². The number of carbonyl (C=O) groups excluding carboxylic acids is 1. The van der Waals surface area contributed by atoms with E-state index in [1.165, 1.54) is 6.33 Å². The molecule has 1 fully saturated rings. The Labute approximate surface area is 135 Å².